The number of rotatable bonds is 5. The molecule has 1 aliphatic carbocycles. The molecule has 1 heterocycles. The lowest BCUT2D eigenvalue weighted by Crippen LogP contribution is -2.30. The quantitative estimate of drug-likeness (QED) is 0.842. The highest BCUT2D eigenvalue weighted by molar-refractivity contribution is 5.37. The van der Waals surface area contributed by atoms with Crippen molar-refractivity contribution in [2.75, 3.05) is 18.5 Å². The van der Waals surface area contributed by atoms with Crippen molar-refractivity contribution < 1.29 is 9.84 Å². The minimum absolute atomic E-state index is 0.165. The molecule has 0 amide bonds. The molecule has 4 heteroatoms. The van der Waals surface area contributed by atoms with E-state index in [0.717, 1.165) is 31.6 Å². The van der Waals surface area contributed by atoms with E-state index < -0.39 is 0 Å². The standard InChI is InChI=1S/C14H22N2O2/c1-2-18-14-9-5-8-13(16-14)15-10-11-6-3-4-7-12(11)17/h5,8-9,11-12,17H,2-4,6-7,10H2,1H3,(H,15,16). The molecule has 2 unspecified atom stereocenters. The molecule has 0 spiro atoms. The third kappa shape index (κ3) is 3.60. The summed E-state index contributed by atoms with van der Waals surface area (Å²) in [6.45, 7) is 3.35. The lowest BCUT2D eigenvalue weighted by Gasteiger charge is -2.27. The van der Waals surface area contributed by atoms with E-state index in [2.05, 4.69) is 10.3 Å². The van der Waals surface area contributed by atoms with Crippen LogP contribution in [0.15, 0.2) is 18.2 Å². The first-order valence-corrected chi connectivity index (χ1v) is 6.81. The molecule has 1 aliphatic rings. The maximum atomic E-state index is 9.90. The summed E-state index contributed by atoms with van der Waals surface area (Å²) >= 11 is 0. The van der Waals surface area contributed by atoms with Crippen LogP contribution in [-0.4, -0.2) is 29.3 Å². The number of pyridine rings is 1. The molecule has 0 aromatic carbocycles. The van der Waals surface area contributed by atoms with E-state index in [1.54, 1.807) is 0 Å². The SMILES string of the molecule is CCOc1cccc(NCC2CCCCC2O)n1. The second-order valence-corrected chi connectivity index (χ2v) is 4.79. The summed E-state index contributed by atoms with van der Waals surface area (Å²) in [4.78, 5) is 4.36. The molecule has 2 N–H and O–H groups in total. The third-order valence-corrected chi connectivity index (χ3v) is 3.43. The summed E-state index contributed by atoms with van der Waals surface area (Å²) < 4.78 is 5.36. The zero-order valence-corrected chi connectivity index (χ0v) is 10.9. The van der Waals surface area contributed by atoms with Gasteiger partial charge in [-0.1, -0.05) is 18.9 Å². The van der Waals surface area contributed by atoms with Crippen LogP contribution in [0.3, 0.4) is 0 Å². The van der Waals surface area contributed by atoms with E-state index in [-0.39, 0.29) is 6.10 Å². The van der Waals surface area contributed by atoms with Gasteiger partial charge in [-0.15, -0.1) is 0 Å². The van der Waals surface area contributed by atoms with Crippen molar-refractivity contribution in [1.82, 2.24) is 4.98 Å². The van der Waals surface area contributed by atoms with Crippen molar-refractivity contribution >= 4 is 5.82 Å². The molecule has 100 valence electrons. The van der Waals surface area contributed by atoms with Crippen molar-refractivity contribution in [2.24, 2.45) is 5.92 Å². The lowest BCUT2D eigenvalue weighted by atomic mass is 9.86. The number of hydrogen-bond donors (Lipinski definition) is 2. The Balaban J connectivity index is 1.87. The largest absolute Gasteiger partial charge is 0.478 e. The van der Waals surface area contributed by atoms with E-state index in [1.165, 1.54) is 6.42 Å². The summed E-state index contributed by atoms with van der Waals surface area (Å²) in [6.07, 6.45) is 4.23. The van der Waals surface area contributed by atoms with E-state index >= 15 is 0 Å². The van der Waals surface area contributed by atoms with Crippen LogP contribution in [0.5, 0.6) is 5.88 Å². The van der Waals surface area contributed by atoms with Crippen LogP contribution in [-0.2, 0) is 0 Å². The van der Waals surface area contributed by atoms with Crippen molar-refractivity contribution in [1.29, 1.82) is 0 Å². The van der Waals surface area contributed by atoms with Gasteiger partial charge in [0, 0.05) is 18.5 Å². The molecule has 0 saturated heterocycles. The fourth-order valence-electron chi connectivity index (χ4n) is 2.40. The Morgan fingerprint density at radius 3 is 3.00 bits per heavy atom. The molecule has 1 aromatic heterocycles. The minimum atomic E-state index is -0.165. The zero-order valence-electron chi connectivity index (χ0n) is 10.9. The Bertz CT molecular complexity index is 371. The fourth-order valence-corrected chi connectivity index (χ4v) is 2.40. The van der Waals surface area contributed by atoms with Gasteiger partial charge in [-0.3, -0.25) is 0 Å². The normalized spacial score (nSPS) is 23.7. The van der Waals surface area contributed by atoms with E-state index in [1.807, 2.05) is 25.1 Å². The molecule has 0 aliphatic heterocycles. The summed E-state index contributed by atoms with van der Waals surface area (Å²) in [5.41, 5.74) is 0. The highest BCUT2D eigenvalue weighted by Crippen LogP contribution is 2.24. The Labute approximate surface area is 108 Å². The number of nitrogens with zero attached hydrogens (tertiary/aromatic N) is 1. The molecule has 18 heavy (non-hydrogen) atoms. The average molecular weight is 250 g/mol. The molecule has 1 saturated carbocycles. The van der Waals surface area contributed by atoms with Gasteiger partial charge >= 0.3 is 0 Å². The first kappa shape index (κ1) is 13.1. The first-order chi connectivity index (χ1) is 8.79. The van der Waals surface area contributed by atoms with Crippen molar-refractivity contribution in [2.45, 2.75) is 38.7 Å². The number of aliphatic hydroxyl groups excluding tert-OH is 1. The zero-order chi connectivity index (χ0) is 12.8. The number of anilines is 1. The van der Waals surface area contributed by atoms with Gasteiger partial charge in [0.1, 0.15) is 5.82 Å². The highest BCUT2D eigenvalue weighted by atomic mass is 16.5. The van der Waals surface area contributed by atoms with Crippen molar-refractivity contribution in [3.63, 3.8) is 0 Å². The Hall–Kier alpha value is -1.29. The van der Waals surface area contributed by atoms with Crippen LogP contribution in [0, 0.1) is 5.92 Å². The van der Waals surface area contributed by atoms with Gasteiger partial charge in [0.25, 0.3) is 0 Å². The van der Waals surface area contributed by atoms with Crippen LogP contribution in [0.1, 0.15) is 32.6 Å². The van der Waals surface area contributed by atoms with Crippen LogP contribution in [0.4, 0.5) is 5.82 Å². The van der Waals surface area contributed by atoms with E-state index in [9.17, 15) is 5.11 Å². The van der Waals surface area contributed by atoms with E-state index in [0.29, 0.717) is 18.4 Å². The maximum Gasteiger partial charge on any atom is 0.215 e. The van der Waals surface area contributed by atoms with Gasteiger partial charge in [0.2, 0.25) is 5.88 Å². The van der Waals surface area contributed by atoms with Crippen molar-refractivity contribution in [3.8, 4) is 5.88 Å². The third-order valence-electron chi connectivity index (χ3n) is 3.43. The predicted octanol–water partition coefficient (Wildman–Crippen LogP) is 2.44. The molecule has 1 fully saturated rings. The number of aromatic nitrogens is 1. The van der Waals surface area contributed by atoms with Gasteiger partial charge in [0.15, 0.2) is 0 Å². The summed E-state index contributed by atoms with van der Waals surface area (Å²) in [6, 6.07) is 5.71. The van der Waals surface area contributed by atoms with Gasteiger partial charge in [-0.05, 0) is 25.8 Å². The second kappa shape index (κ2) is 6.59. The molecule has 2 rings (SSSR count). The van der Waals surface area contributed by atoms with Crippen LogP contribution < -0.4 is 10.1 Å². The number of hydrogen-bond acceptors (Lipinski definition) is 4. The highest BCUT2D eigenvalue weighted by Gasteiger charge is 2.22. The molecular formula is C14H22N2O2. The summed E-state index contributed by atoms with van der Waals surface area (Å²) in [7, 11) is 0. The summed E-state index contributed by atoms with van der Waals surface area (Å²) in [5, 5.41) is 13.2. The fraction of sp³-hybridized carbons (Fsp3) is 0.643. The van der Waals surface area contributed by atoms with Crippen LogP contribution >= 0.6 is 0 Å². The smallest absolute Gasteiger partial charge is 0.215 e. The number of aliphatic hydroxyl groups is 1. The minimum Gasteiger partial charge on any atom is -0.478 e. The maximum absolute atomic E-state index is 9.90. The molecule has 1 aromatic rings. The van der Waals surface area contributed by atoms with E-state index in [4.69, 9.17) is 4.74 Å². The molecule has 4 nitrogen and oxygen atoms in total. The number of nitrogens with one attached hydrogen (secondary N) is 1. The molecule has 0 radical (unpaired) electrons. The predicted molar refractivity (Wildman–Crippen MR) is 71.9 cm³/mol. The average Bonchev–Trinajstić information content (AvgIpc) is 2.39. The van der Waals surface area contributed by atoms with Gasteiger partial charge < -0.3 is 15.2 Å². The Morgan fingerprint density at radius 2 is 2.22 bits per heavy atom. The summed E-state index contributed by atoms with van der Waals surface area (Å²) in [5.74, 6) is 1.81. The van der Waals surface area contributed by atoms with Crippen LogP contribution in [0.2, 0.25) is 0 Å². The molecule has 2 atom stereocenters. The van der Waals surface area contributed by atoms with Crippen molar-refractivity contribution in [3.05, 3.63) is 18.2 Å². The van der Waals surface area contributed by atoms with Crippen LogP contribution in [0.25, 0.3) is 0 Å². The lowest BCUT2D eigenvalue weighted by molar-refractivity contribution is 0.0763. The topological polar surface area (TPSA) is 54.4 Å². The first-order valence-electron chi connectivity index (χ1n) is 6.81. The van der Waals surface area contributed by atoms with Gasteiger partial charge in [0.05, 0.1) is 12.7 Å². The monoisotopic (exact) mass is 250 g/mol. The van der Waals surface area contributed by atoms with Gasteiger partial charge in [-0.2, -0.15) is 4.98 Å². The molecule has 0 bridgehead atoms. The van der Waals surface area contributed by atoms with Gasteiger partial charge in [-0.25, -0.2) is 0 Å². The Kier molecular flexibility index (Phi) is 4.81. The molecular weight excluding hydrogens is 228 g/mol. The number of ether oxygens (including phenoxy) is 1. The second-order valence-electron chi connectivity index (χ2n) is 4.79. The Morgan fingerprint density at radius 1 is 1.39 bits per heavy atom.